The van der Waals surface area contributed by atoms with Crippen LogP contribution in [0.3, 0.4) is 0 Å². The normalized spacial score (nSPS) is 18.8. The van der Waals surface area contributed by atoms with Crippen molar-refractivity contribution >= 4 is 21.9 Å². The molecule has 24 heavy (non-hydrogen) atoms. The van der Waals surface area contributed by atoms with Crippen LogP contribution in [-0.2, 0) is 26.6 Å². The van der Waals surface area contributed by atoms with Crippen LogP contribution in [0.4, 0.5) is 0 Å². The molecule has 1 N–H and O–H groups in total. The molecule has 0 aliphatic carbocycles. The van der Waals surface area contributed by atoms with E-state index in [0.29, 0.717) is 12.2 Å². The Labute approximate surface area is 140 Å². The maximum absolute atomic E-state index is 12.5. The number of aromatic nitrogens is 1. The Morgan fingerprint density at radius 3 is 2.71 bits per heavy atom. The van der Waals surface area contributed by atoms with Crippen LogP contribution in [0.5, 0.6) is 0 Å². The van der Waals surface area contributed by atoms with Gasteiger partial charge in [0.25, 0.3) is 5.91 Å². The van der Waals surface area contributed by atoms with Crippen LogP contribution in [0.1, 0.15) is 10.5 Å². The van der Waals surface area contributed by atoms with Crippen molar-refractivity contribution in [1.29, 1.82) is 0 Å². The molecule has 1 unspecified atom stereocenters. The topological polar surface area (TPSA) is 109 Å². The van der Waals surface area contributed by atoms with Crippen molar-refractivity contribution in [2.45, 2.75) is 6.10 Å². The van der Waals surface area contributed by atoms with Crippen molar-refractivity contribution in [3.05, 3.63) is 24.0 Å². The van der Waals surface area contributed by atoms with Crippen molar-refractivity contribution in [2.75, 3.05) is 39.0 Å². The zero-order valence-corrected chi connectivity index (χ0v) is 14.4. The molecular weight excluding hydrogens is 338 g/mol. The van der Waals surface area contributed by atoms with Crippen molar-refractivity contribution in [3.63, 3.8) is 0 Å². The monoisotopic (exact) mass is 359 g/mol. The van der Waals surface area contributed by atoms with E-state index in [1.807, 2.05) is 0 Å². The third kappa shape index (κ3) is 4.56. The highest BCUT2D eigenvalue weighted by Crippen LogP contribution is 2.13. The van der Waals surface area contributed by atoms with Gasteiger partial charge in [0.05, 0.1) is 19.0 Å². The minimum absolute atomic E-state index is 0.109. The Morgan fingerprint density at radius 2 is 2.17 bits per heavy atom. The summed E-state index contributed by atoms with van der Waals surface area (Å²) < 4.78 is 31.5. The van der Waals surface area contributed by atoms with Crippen LogP contribution in [0.25, 0.3) is 0 Å². The summed E-state index contributed by atoms with van der Waals surface area (Å²) in [6, 6.07) is 3.48. The Bertz CT molecular complexity index is 714. The number of carboxylic acids is 1. The molecule has 1 amide bonds. The molecule has 1 fully saturated rings. The van der Waals surface area contributed by atoms with E-state index >= 15 is 0 Å². The van der Waals surface area contributed by atoms with Gasteiger partial charge in [-0.05, 0) is 12.1 Å². The van der Waals surface area contributed by atoms with Gasteiger partial charge in [0.15, 0.2) is 0 Å². The fraction of sp³-hybridized carbons (Fsp3) is 0.571. The first-order valence-electron chi connectivity index (χ1n) is 7.37. The summed E-state index contributed by atoms with van der Waals surface area (Å²) in [6.45, 7) is 0.131. The minimum atomic E-state index is -3.68. The SMILES string of the molecule is Cn1cccc1C(=O)N1CCOC(CN(CC(=O)O)S(C)(=O)=O)C1. The first-order valence-corrected chi connectivity index (χ1v) is 9.22. The van der Waals surface area contributed by atoms with Crippen LogP contribution < -0.4 is 0 Å². The highest BCUT2D eigenvalue weighted by Gasteiger charge is 2.30. The molecule has 1 atom stereocenters. The summed E-state index contributed by atoms with van der Waals surface area (Å²) >= 11 is 0. The second-order valence-corrected chi connectivity index (χ2v) is 7.68. The van der Waals surface area contributed by atoms with E-state index in [9.17, 15) is 18.0 Å². The zero-order valence-electron chi connectivity index (χ0n) is 13.6. The second-order valence-electron chi connectivity index (χ2n) is 5.70. The molecule has 1 saturated heterocycles. The molecule has 10 heteroatoms. The lowest BCUT2D eigenvalue weighted by molar-refractivity contribution is -0.137. The molecule has 2 rings (SSSR count). The third-order valence-electron chi connectivity index (χ3n) is 3.78. The molecule has 1 aliphatic heterocycles. The standard InChI is InChI=1S/C14H21N3O6S/c1-15-5-3-4-12(15)14(20)16-6-7-23-11(8-16)9-17(10-13(18)19)24(2,21)22/h3-5,11H,6-10H2,1-2H3,(H,18,19). The lowest BCUT2D eigenvalue weighted by Gasteiger charge is -2.34. The summed E-state index contributed by atoms with van der Waals surface area (Å²) in [6.07, 6.45) is 2.15. The minimum Gasteiger partial charge on any atom is -0.480 e. The first kappa shape index (κ1) is 18.4. The van der Waals surface area contributed by atoms with Gasteiger partial charge in [0, 0.05) is 32.9 Å². The van der Waals surface area contributed by atoms with E-state index in [2.05, 4.69) is 0 Å². The summed E-state index contributed by atoms with van der Waals surface area (Å²) in [4.78, 5) is 24.9. The summed E-state index contributed by atoms with van der Waals surface area (Å²) in [5, 5.41) is 8.86. The number of sulfonamides is 1. The molecule has 0 saturated carbocycles. The van der Waals surface area contributed by atoms with Gasteiger partial charge < -0.3 is 19.3 Å². The number of nitrogens with zero attached hydrogens (tertiary/aromatic N) is 3. The van der Waals surface area contributed by atoms with Gasteiger partial charge in [-0.1, -0.05) is 0 Å². The van der Waals surface area contributed by atoms with Gasteiger partial charge in [-0.2, -0.15) is 4.31 Å². The van der Waals surface area contributed by atoms with Crippen LogP contribution in [-0.4, -0.2) is 84.3 Å². The molecule has 0 aromatic carbocycles. The predicted octanol–water partition coefficient (Wildman–Crippen LogP) is -0.788. The van der Waals surface area contributed by atoms with E-state index in [-0.39, 0.29) is 25.6 Å². The Balaban J connectivity index is 2.05. The lowest BCUT2D eigenvalue weighted by atomic mass is 10.2. The number of rotatable bonds is 6. The second kappa shape index (κ2) is 7.32. The number of amides is 1. The predicted molar refractivity (Wildman–Crippen MR) is 85.1 cm³/mol. The van der Waals surface area contributed by atoms with Crippen LogP contribution in [0, 0.1) is 0 Å². The first-order chi connectivity index (χ1) is 11.2. The maximum Gasteiger partial charge on any atom is 0.318 e. The maximum atomic E-state index is 12.5. The molecule has 1 aliphatic rings. The third-order valence-corrected chi connectivity index (χ3v) is 4.99. The number of carboxylic acid groups (broad SMARTS) is 1. The lowest BCUT2D eigenvalue weighted by Crippen LogP contribution is -2.51. The van der Waals surface area contributed by atoms with Crippen LogP contribution in [0.2, 0.25) is 0 Å². The van der Waals surface area contributed by atoms with E-state index in [4.69, 9.17) is 9.84 Å². The van der Waals surface area contributed by atoms with Crippen LogP contribution >= 0.6 is 0 Å². The van der Waals surface area contributed by atoms with Crippen molar-refractivity contribution in [1.82, 2.24) is 13.8 Å². The van der Waals surface area contributed by atoms with E-state index in [0.717, 1.165) is 10.6 Å². The van der Waals surface area contributed by atoms with Crippen LogP contribution in [0.15, 0.2) is 18.3 Å². The van der Waals surface area contributed by atoms with Gasteiger partial charge >= 0.3 is 5.97 Å². The van der Waals surface area contributed by atoms with Crippen molar-refractivity contribution in [3.8, 4) is 0 Å². The van der Waals surface area contributed by atoms with Gasteiger partial charge in [-0.25, -0.2) is 8.42 Å². The van der Waals surface area contributed by atoms with Gasteiger partial charge in [-0.15, -0.1) is 0 Å². The number of ether oxygens (including phenoxy) is 1. The Morgan fingerprint density at radius 1 is 1.46 bits per heavy atom. The van der Waals surface area contributed by atoms with E-state index < -0.39 is 28.6 Å². The van der Waals surface area contributed by atoms with E-state index in [1.54, 1.807) is 34.8 Å². The number of carbonyl (C=O) groups excluding carboxylic acids is 1. The van der Waals surface area contributed by atoms with E-state index in [1.165, 1.54) is 0 Å². The number of aryl methyl sites for hydroxylation is 1. The zero-order chi connectivity index (χ0) is 17.9. The number of aliphatic carboxylic acids is 1. The quantitative estimate of drug-likeness (QED) is 0.713. The number of carbonyl (C=O) groups is 2. The fourth-order valence-electron chi connectivity index (χ4n) is 2.55. The summed E-state index contributed by atoms with van der Waals surface area (Å²) in [5.41, 5.74) is 0.529. The highest BCUT2D eigenvalue weighted by molar-refractivity contribution is 7.88. The molecular formula is C14H21N3O6S. The molecule has 9 nitrogen and oxygen atoms in total. The Hall–Kier alpha value is -1.91. The molecule has 2 heterocycles. The van der Waals surface area contributed by atoms with Crippen molar-refractivity contribution < 1.29 is 27.9 Å². The molecule has 0 spiro atoms. The summed E-state index contributed by atoms with van der Waals surface area (Å²) in [7, 11) is -1.91. The largest absolute Gasteiger partial charge is 0.480 e. The Kier molecular flexibility index (Phi) is 5.62. The summed E-state index contributed by atoms with van der Waals surface area (Å²) in [5.74, 6) is -1.41. The van der Waals surface area contributed by atoms with Gasteiger partial charge in [0.2, 0.25) is 10.0 Å². The molecule has 1 aromatic heterocycles. The van der Waals surface area contributed by atoms with Gasteiger partial charge in [0.1, 0.15) is 12.2 Å². The fourth-order valence-corrected chi connectivity index (χ4v) is 3.34. The molecule has 134 valence electrons. The smallest absolute Gasteiger partial charge is 0.318 e. The molecule has 1 aromatic rings. The number of hydrogen-bond acceptors (Lipinski definition) is 5. The number of hydrogen-bond donors (Lipinski definition) is 1. The number of morpholine rings is 1. The highest BCUT2D eigenvalue weighted by atomic mass is 32.2. The average molecular weight is 359 g/mol. The molecule has 0 bridgehead atoms. The average Bonchev–Trinajstić information content (AvgIpc) is 2.91. The van der Waals surface area contributed by atoms with Gasteiger partial charge in [-0.3, -0.25) is 9.59 Å². The molecule has 0 radical (unpaired) electrons. The van der Waals surface area contributed by atoms with Crippen molar-refractivity contribution in [2.24, 2.45) is 7.05 Å².